The molecule has 0 saturated carbocycles. The summed E-state index contributed by atoms with van der Waals surface area (Å²) in [6.07, 6.45) is 1.26. The molecule has 0 amide bonds. The van der Waals surface area contributed by atoms with E-state index in [-0.39, 0.29) is 30.0 Å². The number of carbonyl (C=O) groups excluding carboxylic acids is 2. The molecule has 0 aliphatic carbocycles. The highest BCUT2D eigenvalue weighted by molar-refractivity contribution is 7.99. The van der Waals surface area contributed by atoms with Crippen LogP contribution in [0.5, 0.6) is 0 Å². The smallest absolute Gasteiger partial charge is 0.336 e. The lowest BCUT2D eigenvalue weighted by Gasteiger charge is -2.30. The topological polar surface area (TPSA) is 114 Å². The molecule has 51 heavy (non-hydrogen) atoms. The Labute approximate surface area is 309 Å². The van der Waals surface area contributed by atoms with Crippen molar-refractivity contribution in [3.05, 3.63) is 123 Å². The number of thioether (sulfide) groups is 2. The molecule has 1 aliphatic heterocycles. The van der Waals surface area contributed by atoms with Crippen molar-refractivity contribution in [1.82, 2.24) is 15.1 Å². The number of dihydropyridines is 1. The number of allylic oxidation sites excluding steroid dienone is 2. The van der Waals surface area contributed by atoms with Crippen LogP contribution in [-0.2, 0) is 19.1 Å². The van der Waals surface area contributed by atoms with E-state index in [0.29, 0.717) is 29.8 Å². The van der Waals surface area contributed by atoms with Gasteiger partial charge in [0.05, 0.1) is 35.2 Å². The van der Waals surface area contributed by atoms with Gasteiger partial charge in [-0.05, 0) is 70.6 Å². The third-order valence-electron chi connectivity index (χ3n) is 8.42. The fourth-order valence-electron chi connectivity index (χ4n) is 5.74. The second kappa shape index (κ2) is 20.7. The van der Waals surface area contributed by atoms with Gasteiger partial charge < -0.3 is 24.6 Å². The first-order valence-corrected chi connectivity index (χ1v) is 19.1. The predicted molar refractivity (Wildman–Crippen MR) is 205 cm³/mol. The summed E-state index contributed by atoms with van der Waals surface area (Å²) in [5, 5.41) is 14.9. The van der Waals surface area contributed by atoms with E-state index in [9.17, 15) is 19.7 Å². The molecule has 272 valence electrons. The van der Waals surface area contributed by atoms with E-state index in [0.717, 1.165) is 37.7 Å². The van der Waals surface area contributed by atoms with Gasteiger partial charge in [-0.2, -0.15) is 0 Å². The average Bonchev–Trinajstić information content (AvgIpc) is 3.12. The number of nitrogens with one attached hydrogen (secondary N) is 1. The molecule has 1 N–H and O–H groups in total. The number of benzene rings is 3. The maximum atomic E-state index is 13.7. The summed E-state index contributed by atoms with van der Waals surface area (Å²) in [6.45, 7) is 7.12. The van der Waals surface area contributed by atoms with E-state index in [2.05, 4.69) is 39.4 Å². The molecule has 0 radical (unpaired) electrons. The van der Waals surface area contributed by atoms with E-state index >= 15 is 0 Å². The van der Waals surface area contributed by atoms with Gasteiger partial charge in [0.1, 0.15) is 0 Å². The Bertz CT molecular complexity index is 1570. The fraction of sp³-hybridized carbons (Fsp3) is 0.385. The Balaban J connectivity index is 1.35. The number of ether oxygens (including phenoxy) is 2. The van der Waals surface area contributed by atoms with Gasteiger partial charge in [0.2, 0.25) is 0 Å². The molecule has 1 heterocycles. The SMILES string of the molecule is CC1=C(C(=O)OCCCN(C)CCSc2ccccc2)C(c2cccc([N+](=O)[O-])c2)C(C(=O)OCCCN(C)CCSc2ccccc2)=C(C)N1. The molecule has 12 heteroatoms. The van der Waals surface area contributed by atoms with Crippen molar-refractivity contribution in [3.8, 4) is 0 Å². The molecule has 4 rings (SSSR count). The van der Waals surface area contributed by atoms with Gasteiger partial charge in [0, 0.05) is 71.0 Å². The number of nitrogens with zero attached hydrogens (tertiary/aromatic N) is 3. The molecule has 3 aromatic rings. The van der Waals surface area contributed by atoms with E-state index < -0.39 is 22.8 Å². The minimum Gasteiger partial charge on any atom is -0.462 e. The van der Waals surface area contributed by atoms with Crippen LogP contribution < -0.4 is 5.32 Å². The Morgan fingerprint density at radius 2 is 1.20 bits per heavy atom. The van der Waals surface area contributed by atoms with Gasteiger partial charge in [0.15, 0.2) is 0 Å². The van der Waals surface area contributed by atoms with Crippen molar-refractivity contribution in [2.45, 2.75) is 42.4 Å². The van der Waals surface area contributed by atoms with Gasteiger partial charge in [-0.1, -0.05) is 48.5 Å². The van der Waals surface area contributed by atoms with Crippen molar-refractivity contribution in [2.75, 3.05) is 65.0 Å². The van der Waals surface area contributed by atoms with Crippen LogP contribution in [0.3, 0.4) is 0 Å². The number of carbonyl (C=O) groups is 2. The van der Waals surface area contributed by atoms with Crippen LogP contribution in [0.15, 0.2) is 117 Å². The number of rotatable bonds is 20. The summed E-state index contributed by atoms with van der Waals surface area (Å²) in [5.41, 5.74) is 1.82. The maximum Gasteiger partial charge on any atom is 0.336 e. The number of nitro benzene ring substituents is 1. The summed E-state index contributed by atoms with van der Waals surface area (Å²) >= 11 is 3.59. The number of hydrogen-bond acceptors (Lipinski definition) is 11. The molecule has 0 atom stereocenters. The molecule has 0 unspecified atom stereocenters. The van der Waals surface area contributed by atoms with E-state index in [1.165, 1.54) is 21.9 Å². The summed E-state index contributed by atoms with van der Waals surface area (Å²) < 4.78 is 11.5. The monoisotopic (exact) mass is 732 g/mol. The van der Waals surface area contributed by atoms with Crippen molar-refractivity contribution in [2.24, 2.45) is 0 Å². The molecular weight excluding hydrogens is 685 g/mol. The van der Waals surface area contributed by atoms with Crippen LogP contribution in [0.1, 0.15) is 38.2 Å². The van der Waals surface area contributed by atoms with Gasteiger partial charge in [-0.15, -0.1) is 23.5 Å². The highest BCUT2D eigenvalue weighted by Gasteiger charge is 2.38. The Kier molecular flexibility index (Phi) is 16.1. The molecule has 0 spiro atoms. The lowest BCUT2D eigenvalue weighted by molar-refractivity contribution is -0.384. The van der Waals surface area contributed by atoms with Crippen LogP contribution in [0.4, 0.5) is 5.69 Å². The van der Waals surface area contributed by atoms with Gasteiger partial charge in [0.25, 0.3) is 5.69 Å². The Hall–Kier alpha value is -4.10. The molecule has 0 aromatic heterocycles. The molecule has 0 saturated heterocycles. The van der Waals surface area contributed by atoms with E-state index in [4.69, 9.17) is 9.47 Å². The maximum absolute atomic E-state index is 13.7. The van der Waals surface area contributed by atoms with E-state index in [1.807, 2.05) is 50.5 Å². The summed E-state index contributed by atoms with van der Waals surface area (Å²) in [5.74, 6) is -0.171. The predicted octanol–water partition coefficient (Wildman–Crippen LogP) is 7.14. The highest BCUT2D eigenvalue weighted by atomic mass is 32.2. The van der Waals surface area contributed by atoms with Crippen LogP contribution in [0.2, 0.25) is 0 Å². The third-order valence-corrected chi connectivity index (χ3v) is 10.4. The number of non-ortho nitro benzene ring substituents is 1. The summed E-state index contributed by atoms with van der Waals surface area (Å²) in [7, 11) is 4.08. The first-order valence-electron chi connectivity index (χ1n) is 17.1. The van der Waals surface area contributed by atoms with Crippen LogP contribution in [0, 0.1) is 10.1 Å². The zero-order valence-electron chi connectivity index (χ0n) is 29.8. The lowest BCUT2D eigenvalue weighted by atomic mass is 9.80. The van der Waals surface area contributed by atoms with Crippen LogP contribution >= 0.6 is 23.5 Å². The highest BCUT2D eigenvalue weighted by Crippen LogP contribution is 2.40. The quantitative estimate of drug-likeness (QED) is 0.0420. The number of esters is 2. The summed E-state index contributed by atoms with van der Waals surface area (Å²) in [6, 6.07) is 26.5. The van der Waals surface area contributed by atoms with E-state index in [1.54, 1.807) is 49.5 Å². The molecule has 10 nitrogen and oxygen atoms in total. The van der Waals surface area contributed by atoms with Gasteiger partial charge in [-0.3, -0.25) is 10.1 Å². The normalized spacial score (nSPS) is 13.5. The third kappa shape index (κ3) is 12.6. The van der Waals surface area contributed by atoms with Crippen molar-refractivity contribution in [3.63, 3.8) is 0 Å². The molecule has 3 aromatic carbocycles. The zero-order valence-corrected chi connectivity index (χ0v) is 31.5. The average molecular weight is 733 g/mol. The van der Waals surface area contributed by atoms with Gasteiger partial charge in [-0.25, -0.2) is 9.59 Å². The Morgan fingerprint density at radius 3 is 1.65 bits per heavy atom. The fourth-order valence-corrected chi connectivity index (χ4v) is 7.71. The second-order valence-electron chi connectivity index (χ2n) is 12.4. The van der Waals surface area contributed by atoms with Crippen molar-refractivity contribution >= 4 is 41.1 Å². The largest absolute Gasteiger partial charge is 0.462 e. The minimum atomic E-state index is -0.901. The molecular formula is C39H48N4O6S2. The molecule has 0 fully saturated rings. The first kappa shape index (κ1) is 39.7. The second-order valence-corrected chi connectivity index (χ2v) is 14.7. The van der Waals surface area contributed by atoms with Crippen LogP contribution in [0.25, 0.3) is 0 Å². The number of nitro groups is 1. The Morgan fingerprint density at radius 1 is 0.725 bits per heavy atom. The summed E-state index contributed by atoms with van der Waals surface area (Å²) in [4.78, 5) is 45.5. The standard InChI is InChI=1S/C39H48N4O6S2/c1-29-35(38(44)48-24-12-20-41(3)22-26-50-33-16-7-5-8-17-33)37(31-14-11-15-32(28-31)43(46)47)36(30(2)40-29)39(45)49-25-13-21-42(4)23-27-51-34-18-9-6-10-19-34/h5-11,14-19,28,37,40H,12-13,20-27H2,1-4H3. The first-order chi connectivity index (χ1) is 24.6. The lowest BCUT2D eigenvalue weighted by Crippen LogP contribution is -2.33. The van der Waals surface area contributed by atoms with Crippen molar-refractivity contribution in [1.29, 1.82) is 0 Å². The molecule has 1 aliphatic rings. The van der Waals surface area contributed by atoms with Crippen molar-refractivity contribution < 1.29 is 24.0 Å². The molecule has 0 bridgehead atoms. The van der Waals surface area contributed by atoms with Gasteiger partial charge >= 0.3 is 11.9 Å². The zero-order chi connectivity index (χ0) is 36.6. The number of hydrogen-bond donors (Lipinski definition) is 1. The van der Waals surface area contributed by atoms with Crippen LogP contribution in [-0.4, -0.2) is 91.7 Å². The minimum absolute atomic E-state index is 0.135.